The van der Waals surface area contributed by atoms with Gasteiger partial charge in [-0.25, -0.2) is 14.4 Å². The van der Waals surface area contributed by atoms with Crippen molar-refractivity contribution in [1.82, 2.24) is 20.4 Å². The van der Waals surface area contributed by atoms with Gasteiger partial charge in [-0.3, -0.25) is 20.2 Å². The molecule has 14 nitrogen and oxygen atoms in total. The van der Waals surface area contributed by atoms with Gasteiger partial charge in [0, 0.05) is 11.5 Å². The lowest BCUT2D eigenvalue weighted by Gasteiger charge is -2.49. The molecule has 0 saturated carbocycles. The number of rotatable bonds is 9. The van der Waals surface area contributed by atoms with Gasteiger partial charge in [-0.05, 0) is 30.2 Å². The van der Waals surface area contributed by atoms with Gasteiger partial charge in [0.1, 0.15) is 28.4 Å². The van der Waals surface area contributed by atoms with Crippen molar-refractivity contribution in [3.8, 4) is 5.75 Å². The Hall–Kier alpha value is -3.88. The Balaban J connectivity index is 0.000000646. The van der Waals surface area contributed by atoms with E-state index in [1.165, 1.54) is 58.8 Å². The number of nitrogens with two attached hydrogens (primary N) is 1. The van der Waals surface area contributed by atoms with Crippen LogP contribution in [0.3, 0.4) is 0 Å². The molecule has 232 valence electrons. The number of carboxylic acids is 2. The van der Waals surface area contributed by atoms with Crippen LogP contribution in [0.4, 0.5) is 18.0 Å². The molecule has 1 aromatic carbocycles. The van der Waals surface area contributed by atoms with Crippen molar-refractivity contribution in [2.75, 3.05) is 11.5 Å². The fourth-order valence-electron chi connectivity index (χ4n) is 3.53. The maximum atomic E-state index is 12.8. The second kappa shape index (κ2) is 14.5. The molecule has 4 rings (SSSR count). The SMILES string of the molecule is CC(N)OC(=O)Oc1ccc(CC(=O)NC2C(=O)N3C(C(=O)O)=C(CSc4nncs4)CS[C@@H]23)cc1.O=C(O)C(F)(F)F. The first-order valence-electron chi connectivity index (χ1n) is 11.8. The van der Waals surface area contributed by atoms with E-state index in [9.17, 15) is 37.5 Å². The first-order valence-corrected chi connectivity index (χ1v) is 14.7. The number of nitrogens with one attached hydrogen (secondary N) is 1. The van der Waals surface area contributed by atoms with E-state index in [0.29, 0.717) is 27.0 Å². The number of benzene rings is 1. The first-order chi connectivity index (χ1) is 20.2. The van der Waals surface area contributed by atoms with Crippen molar-refractivity contribution in [3.05, 3.63) is 46.6 Å². The summed E-state index contributed by atoms with van der Waals surface area (Å²) in [4.78, 5) is 59.0. The lowest BCUT2D eigenvalue weighted by atomic mass is 10.0. The Morgan fingerprint density at radius 3 is 2.42 bits per heavy atom. The number of β-lactam (4-membered cyclic amide) rings is 1. The molecular formula is C23H22F3N5O9S3. The van der Waals surface area contributed by atoms with Gasteiger partial charge in [0.25, 0.3) is 5.91 Å². The van der Waals surface area contributed by atoms with Gasteiger partial charge < -0.3 is 25.0 Å². The summed E-state index contributed by atoms with van der Waals surface area (Å²) >= 11 is 4.12. The van der Waals surface area contributed by atoms with E-state index < -0.39 is 53.7 Å². The number of hydrogen-bond acceptors (Lipinski definition) is 13. The number of aliphatic carboxylic acids is 2. The van der Waals surface area contributed by atoms with Crippen molar-refractivity contribution in [1.29, 1.82) is 0 Å². The highest BCUT2D eigenvalue weighted by Gasteiger charge is 2.54. The predicted molar refractivity (Wildman–Crippen MR) is 145 cm³/mol. The van der Waals surface area contributed by atoms with Gasteiger partial charge in [0.05, 0.1) is 6.42 Å². The van der Waals surface area contributed by atoms with Crippen LogP contribution in [0.2, 0.25) is 0 Å². The highest BCUT2D eigenvalue weighted by atomic mass is 32.2. The van der Waals surface area contributed by atoms with E-state index in [0.717, 1.165) is 0 Å². The zero-order valence-corrected chi connectivity index (χ0v) is 24.2. The molecule has 1 saturated heterocycles. The van der Waals surface area contributed by atoms with E-state index in [4.69, 9.17) is 25.1 Å². The molecule has 3 heterocycles. The molecule has 2 aliphatic rings. The summed E-state index contributed by atoms with van der Waals surface area (Å²) in [5.41, 5.74) is 8.16. The quantitative estimate of drug-likeness (QED) is 0.0993. The maximum absolute atomic E-state index is 12.8. The number of alkyl halides is 3. The number of carbonyl (C=O) groups excluding carboxylic acids is 3. The fraction of sp³-hybridized carbons (Fsp3) is 0.348. The maximum Gasteiger partial charge on any atom is 0.515 e. The zero-order chi connectivity index (χ0) is 31.9. The number of halogens is 3. The molecule has 5 N–H and O–H groups in total. The first kappa shape index (κ1) is 33.6. The third kappa shape index (κ3) is 9.30. The highest BCUT2D eigenvalue weighted by Crippen LogP contribution is 2.41. The number of carbonyl (C=O) groups is 5. The van der Waals surface area contributed by atoms with Gasteiger partial charge in [-0.1, -0.05) is 35.2 Å². The molecule has 2 aliphatic heterocycles. The van der Waals surface area contributed by atoms with E-state index in [1.54, 1.807) is 17.6 Å². The fourth-order valence-corrected chi connectivity index (χ4v) is 6.50. The molecule has 43 heavy (non-hydrogen) atoms. The Bertz CT molecular complexity index is 1390. The minimum Gasteiger partial charge on any atom is -0.477 e. The van der Waals surface area contributed by atoms with Gasteiger partial charge >= 0.3 is 24.3 Å². The van der Waals surface area contributed by atoms with Crippen LogP contribution in [0.15, 0.2) is 45.4 Å². The molecule has 0 spiro atoms. The van der Waals surface area contributed by atoms with Crippen LogP contribution in [0.1, 0.15) is 12.5 Å². The van der Waals surface area contributed by atoms with Gasteiger partial charge in [0.2, 0.25) is 5.91 Å². The number of hydrogen-bond donors (Lipinski definition) is 4. The lowest BCUT2D eigenvalue weighted by molar-refractivity contribution is -0.192. The smallest absolute Gasteiger partial charge is 0.477 e. The topological polar surface area (TPSA) is 211 Å². The molecule has 1 fully saturated rings. The van der Waals surface area contributed by atoms with Crippen molar-refractivity contribution >= 4 is 64.8 Å². The van der Waals surface area contributed by atoms with Crippen LogP contribution < -0.4 is 15.8 Å². The second-order valence-electron chi connectivity index (χ2n) is 8.50. The zero-order valence-electron chi connectivity index (χ0n) is 21.8. The van der Waals surface area contributed by atoms with Gasteiger partial charge in [0.15, 0.2) is 10.6 Å². The Morgan fingerprint density at radius 1 is 1.23 bits per heavy atom. The average Bonchev–Trinajstić information content (AvgIpc) is 3.44. The Labute approximate surface area is 252 Å². The molecule has 3 atom stereocenters. The number of carboxylic acid groups (broad SMARTS) is 2. The third-order valence-corrected chi connectivity index (χ3v) is 8.58. The number of thioether (sulfide) groups is 2. The van der Waals surface area contributed by atoms with Crippen LogP contribution in [0.25, 0.3) is 0 Å². The molecule has 0 radical (unpaired) electrons. The third-order valence-electron chi connectivity index (χ3n) is 5.29. The predicted octanol–water partition coefficient (Wildman–Crippen LogP) is 2.06. The number of fused-ring (bicyclic) bond motifs is 1. The van der Waals surface area contributed by atoms with Crippen LogP contribution >= 0.6 is 34.9 Å². The van der Waals surface area contributed by atoms with E-state index >= 15 is 0 Å². The van der Waals surface area contributed by atoms with Crippen molar-refractivity contribution in [2.45, 2.75) is 41.5 Å². The summed E-state index contributed by atoms with van der Waals surface area (Å²) < 4.78 is 42.1. The number of nitrogens with zero attached hydrogens (tertiary/aromatic N) is 3. The summed E-state index contributed by atoms with van der Waals surface area (Å²) in [7, 11) is 0. The largest absolute Gasteiger partial charge is 0.515 e. The minimum absolute atomic E-state index is 0.0168. The minimum atomic E-state index is -5.08. The van der Waals surface area contributed by atoms with Crippen molar-refractivity contribution < 1.29 is 56.8 Å². The second-order valence-corrected chi connectivity index (χ2v) is 11.7. The molecule has 2 aromatic rings. The van der Waals surface area contributed by atoms with E-state index in [-0.39, 0.29) is 17.9 Å². The highest BCUT2D eigenvalue weighted by molar-refractivity contribution is 8.01. The summed E-state index contributed by atoms with van der Waals surface area (Å²) in [6.45, 7) is 1.49. The summed E-state index contributed by atoms with van der Waals surface area (Å²) in [6.07, 6.45) is -6.84. The monoisotopic (exact) mass is 665 g/mol. The standard InChI is InChI=1S/C21H21N5O7S3.C2HF3O2/c1-10(22)32-21(31)33-13-4-2-11(3-5-13)6-14(27)24-15-17(28)26-16(19(29)30)12(7-34-18(15)26)8-35-20-25-23-9-36-20;3-2(4,5)1(6)7/h2-5,9-10,15,18H,6-8,22H2,1H3,(H,24,27)(H,29,30);(H,6,7)/t10?,15?,18-;/m0./s1. The van der Waals surface area contributed by atoms with Crippen molar-refractivity contribution in [2.24, 2.45) is 5.73 Å². The van der Waals surface area contributed by atoms with Gasteiger partial charge in [-0.2, -0.15) is 13.2 Å². The Morgan fingerprint density at radius 2 is 1.88 bits per heavy atom. The summed E-state index contributed by atoms with van der Waals surface area (Å²) in [5, 5.41) is 26.8. The molecule has 1 aromatic heterocycles. The molecule has 2 amide bonds. The normalized spacial score (nSPS) is 18.3. The number of ether oxygens (including phenoxy) is 2. The molecule has 2 unspecified atom stereocenters. The average molecular weight is 666 g/mol. The molecule has 0 aliphatic carbocycles. The number of aromatic nitrogens is 2. The number of amides is 2. The van der Waals surface area contributed by atoms with Crippen LogP contribution in [0, 0.1) is 0 Å². The van der Waals surface area contributed by atoms with Crippen LogP contribution in [-0.4, -0.2) is 90.5 Å². The molecule has 20 heteroatoms. The summed E-state index contributed by atoms with van der Waals surface area (Å²) in [6, 6.07) is 5.40. The Kier molecular flexibility index (Phi) is 11.4. The summed E-state index contributed by atoms with van der Waals surface area (Å²) in [5.74, 6) is -3.78. The van der Waals surface area contributed by atoms with Crippen LogP contribution in [-0.2, 0) is 30.3 Å². The lowest BCUT2D eigenvalue weighted by Crippen LogP contribution is -2.70. The van der Waals surface area contributed by atoms with Gasteiger partial charge in [-0.15, -0.1) is 22.0 Å². The van der Waals surface area contributed by atoms with Crippen LogP contribution in [0.5, 0.6) is 5.75 Å². The molecule has 0 bridgehead atoms. The van der Waals surface area contributed by atoms with E-state index in [1.807, 2.05) is 0 Å². The van der Waals surface area contributed by atoms with E-state index in [2.05, 4.69) is 15.5 Å². The van der Waals surface area contributed by atoms with Crippen molar-refractivity contribution in [3.63, 3.8) is 0 Å². The molecular weight excluding hydrogens is 643 g/mol.